The van der Waals surface area contributed by atoms with E-state index in [9.17, 15) is 39.9 Å². The number of halogens is 9. The van der Waals surface area contributed by atoms with Crippen LogP contribution in [0.25, 0.3) is 0 Å². The average molecular weight is 572 g/mol. The molecule has 2 aromatic heterocycles. The Morgan fingerprint density at radius 1 is 1.03 bits per heavy atom. The predicted molar refractivity (Wildman–Crippen MR) is 108 cm³/mol. The van der Waals surface area contributed by atoms with Crippen LogP contribution in [0.1, 0.15) is 42.1 Å². The number of aryl methyl sites for hydroxylation is 1. The third-order valence-electron chi connectivity index (χ3n) is 5.24. The van der Waals surface area contributed by atoms with Gasteiger partial charge in [-0.25, -0.2) is 22.0 Å². The van der Waals surface area contributed by atoms with Gasteiger partial charge in [-0.3, -0.25) is 14.2 Å². The van der Waals surface area contributed by atoms with E-state index in [4.69, 9.17) is 0 Å². The van der Waals surface area contributed by atoms with E-state index in [0.717, 1.165) is 15.6 Å². The van der Waals surface area contributed by atoms with Crippen LogP contribution in [0.3, 0.4) is 0 Å². The number of aromatic nitrogens is 4. The van der Waals surface area contributed by atoms with Crippen LogP contribution in [-0.2, 0) is 24.1 Å². The normalized spacial score (nSPS) is 14.0. The molecule has 0 aliphatic heterocycles. The van der Waals surface area contributed by atoms with Crippen molar-refractivity contribution in [2.75, 3.05) is 5.32 Å². The molecule has 15 heteroatoms. The molecule has 1 aliphatic carbocycles. The Labute approximate surface area is 200 Å². The molecular formula is C20H14BrF8N5O. The summed E-state index contributed by atoms with van der Waals surface area (Å²) in [6, 6.07) is 1.21. The highest BCUT2D eigenvalue weighted by molar-refractivity contribution is 9.10. The number of carbonyl (C=O) groups excluding carboxylic acids is 1. The molecule has 0 unspecified atom stereocenters. The van der Waals surface area contributed by atoms with E-state index in [1.807, 2.05) is 0 Å². The first-order chi connectivity index (χ1) is 16.4. The van der Waals surface area contributed by atoms with Gasteiger partial charge in [0.2, 0.25) is 11.7 Å². The van der Waals surface area contributed by atoms with Gasteiger partial charge in [-0.1, -0.05) is 0 Å². The van der Waals surface area contributed by atoms with Gasteiger partial charge in [-0.05, 0) is 28.8 Å². The van der Waals surface area contributed by atoms with Crippen molar-refractivity contribution in [3.8, 4) is 0 Å². The summed E-state index contributed by atoms with van der Waals surface area (Å²) in [7, 11) is 0. The fourth-order valence-corrected chi connectivity index (χ4v) is 4.26. The van der Waals surface area contributed by atoms with Crippen LogP contribution in [0.5, 0.6) is 0 Å². The van der Waals surface area contributed by atoms with Gasteiger partial charge in [0.25, 0.3) is 0 Å². The summed E-state index contributed by atoms with van der Waals surface area (Å²) in [5.74, 6) is -11.3. The fourth-order valence-electron chi connectivity index (χ4n) is 3.43. The molecule has 3 aromatic rings. The van der Waals surface area contributed by atoms with Crippen LogP contribution in [0.2, 0.25) is 0 Å². The van der Waals surface area contributed by atoms with Crippen LogP contribution in [-0.4, -0.2) is 25.5 Å². The van der Waals surface area contributed by atoms with Gasteiger partial charge in [0.1, 0.15) is 0 Å². The maximum atomic E-state index is 13.9. The Morgan fingerprint density at radius 2 is 1.63 bits per heavy atom. The Kier molecular flexibility index (Phi) is 6.64. The number of nitrogens with one attached hydrogen (secondary N) is 1. The molecule has 1 aromatic carbocycles. The van der Waals surface area contributed by atoms with Crippen LogP contribution >= 0.6 is 15.9 Å². The van der Waals surface area contributed by atoms with Crippen molar-refractivity contribution in [1.29, 1.82) is 0 Å². The van der Waals surface area contributed by atoms with E-state index in [2.05, 4.69) is 31.4 Å². The zero-order valence-corrected chi connectivity index (χ0v) is 19.0. The van der Waals surface area contributed by atoms with E-state index in [-0.39, 0.29) is 29.2 Å². The zero-order valence-electron chi connectivity index (χ0n) is 17.4. The first-order valence-electron chi connectivity index (χ1n) is 10.1. The molecule has 0 radical (unpaired) electrons. The molecule has 188 valence electrons. The minimum atomic E-state index is -4.67. The van der Waals surface area contributed by atoms with Gasteiger partial charge in [-0.15, -0.1) is 0 Å². The van der Waals surface area contributed by atoms with Crippen molar-refractivity contribution in [1.82, 2.24) is 19.6 Å². The second-order valence-electron chi connectivity index (χ2n) is 7.79. The molecule has 1 amide bonds. The van der Waals surface area contributed by atoms with E-state index in [1.54, 1.807) is 0 Å². The number of alkyl halides is 3. The molecule has 1 fully saturated rings. The highest BCUT2D eigenvalue weighted by atomic mass is 79.9. The van der Waals surface area contributed by atoms with Crippen LogP contribution in [0, 0.1) is 29.1 Å². The third-order valence-corrected chi connectivity index (χ3v) is 6.03. The summed E-state index contributed by atoms with van der Waals surface area (Å²) < 4.78 is 109. The lowest BCUT2D eigenvalue weighted by Gasteiger charge is -2.08. The molecule has 0 bridgehead atoms. The number of benzene rings is 1. The molecule has 35 heavy (non-hydrogen) atoms. The average Bonchev–Trinajstić information content (AvgIpc) is 3.43. The van der Waals surface area contributed by atoms with Crippen molar-refractivity contribution in [2.45, 2.75) is 44.4 Å². The lowest BCUT2D eigenvalue weighted by molar-refractivity contribution is -0.142. The Bertz CT molecular complexity index is 1270. The molecule has 1 aliphatic rings. The minimum absolute atomic E-state index is 0.0892. The maximum Gasteiger partial charge on any atom is 0.436 e. The number of amides is 1. The van der Waals surface area contributed by atoms with Gasteiger partial charge in [0, 0.05) is 24.6 Å². The smallest absolute Gasteiger partial charge is 0.309 e. The fraction of sp³-hybridized carbons (Fsp3) is 0.350. The third kappa shape index (κ3) is 5.04. The van der Waals surface area contributed by atoms with Crippen molar-refractivity contribution >= 4 is 27.7 Å². The van der Waals surface area contributed by atoms with Crippen molar-refractivity contribution < 1.29 is 39.9 Å². The van der Waals surface area contributed by atoms with Crippen molar-refractivity contribution in [3.05, 3.63) is 62.8 Å². The maximum absolute atomic E-state index is 13.9. The lowest BCUT2D eigenvalue weighted by atomic mass is 10.1. The van der Waals surface area contributed by atoms with Gasteiger partial charge in [0.05, 0.1) is 28.8 Å². The highest BCUT2D eigenvalue weighted by Gasteiger charge is 2.41. The quantitative estimate of drug-likeness (QED) is 0.231. The second-order valence-corrected chi connectivity index (χ2v) is 8.58. The SMILES string of the molecule is O=C(CCn1nc(C(F)(F)F)c(Br)c1C1CC1)Nc1ccn(Cc2c(F)c(F)c(F)c(F)c2F)n1. The van der Waals surface area contributed by atoms with Crippen LogP contribution in [0.4, 0.5) is 40.9 Å². The molecule has 2 heterocycles. The Hall–Kier alpha value is -2.97. The first-order valence-corrected chi connectivity index (χ1v) is 10.8. The van der Waals surface area contributed by atoms with Gasteiger partial charge in [0.15, 0.2) is 34.8 Å². The summed E-state index contributed by atoms with van der Waals surface area (Å²) >= 11 is 2.95. The van der Waals surface area contributed by atoms with Gasteiger partial charge >= 0.3 is 6.18 Å². The molecule has 6 nitrogen and oxygen atoms in total. The summed E-state index contributed by atoms with van der Waals surface area (Å²) in [5, 5.41) is 9.75. The standard InChI is InChI=1S/C20H14BrF8N5O/c21-12-18(8-1-2-8)34(32-19(12)20(27,28)29)6-4-11(35)30-10-3-5-33(31-10)7-9-13(22)15(24)17(26)16(25)14(9)23/h3,5,8H,1-2,4,6-7H2,(H,30,31,35). The second kappa shape index (κ2) is 9.24. The molecular weight excluding hydrogens is 558 g/mol. The summed E-state index contributed by atoms with van der Waals surface area (Å²) in [5.41, 5.74) is -1.83. The zero-order chi connectivity index (χ0) is 25.7. The van der Waals surface area contributed by atoms with E-state index in [1.165, 1.54) is 6.07 Å². The largest absolute Gasteiger partial charge is 0.436 e. The van der Waals surface area contributed by atoms with E-state index in [0.29, 0.717) is 18.5 Å². The number of hydrogen-bond donors (Lipinski definition) is 1. The monoisotopic (exact) mass is 571 g/mol. The minimum Gasteiger partial charge on any atom is -0.309 e. The molecule has 1 saturated carbocycles. The topological polar surface area (TPSA) is 64.7 Å². The highest BCUT2D eigenvalue weighted by Crippen LogP contribution is 2.47. The van der Waals surface area contributed by atoms with Crippen molar-refractivity contribution in [2.24, 2.45) is 0 Å². The summed E-state index contributed by atoms with van der Waals surface area (Å²) in [4.78, 5) is 12.3. The lowest BCUT2D eigenvalue weighted by Crippen LogP contribution is -2.17. The van der Waals surface area contributed by atoms with Crippen molar-refractivity contribution in [3.63, 3.8) is 0 Å². The predicted octanol–water partition coefficient (Wildman–Crippen LogP) is 5.51. The Balaban J connectivity index is 1.42. The first kappa shape index (κ1) is 25.1. The number of hydrogen-bond acceptors (Lipinski definition) is 3. The van der Waals surface area contributed by atoms with Crippen LogP contribution in [0.15, 0.2) is 16.7 Å². The van der Waals surface area contributed by atoms with E-state index < -0.39 is 59.0 Å². The number of anilines is 1. The summed E-state index contributed by atoms with van der Waals surface area (Å²) in [6.45, 7) is -0.967. The summed E-state index contributed by atoms with van der Waals surface area (Å²) in [6.07, 6.45) is -2.39. The number of nitrogens with zero attached hydrogens (tertiary/aromatic N) is 4. The van der Waals surface area contributed by atoms with Gasteiger partial charge < -0.3 is 5.32 Å². The molecule has 4 rings (SSSR count). The van der Waals surface area contributed by atoms with Gasteiger partial charge in [-0.2, -0.15) is 23.4 Å². The molecule has 0 spiro atoms. The molecule has 0 saturated heterocycles. The van der Waals surface area contributed by atoms with Crippen LogP contribution < -0.4 is 5.32 Å². The number of carbonyl (C=O) groups is 1. The molecule has 1 N–H and O–H groups in total. The number of rotatable bonds is 7. The molecule has 0 atom stereocenters. The van der Waals surface area contributed by atoms with E-state index >= 15 is 0 Å². The Morgan fingerprint density at radius 3 is 2.20 bits per heavy atom.